The molecule has 3 nitrogen and oxygen atoms in total. The van der Waals surface area contributed by atoms with Gasteiger partial charge in [0.05, 0.1) is 5.60 Å². The zero-order valence-electron chi connectivity index (χ0n) is 15.3. The van der Waals surface area contributed by atoms with Gasteiger partial charge in [-0.3, -0.25) is 4.79 Å². The molecule has 0 aromatic heterocycles. The van der Waals surface area contributed by atoms with Gasteiger partial charge in [-0.25, -0.2) is 0 Å². The van der Waals surface area contributed by atoms with Crippen LogP contribution < -0.4 is 0 Å². The topological polar surface area (TPSA) is 57.5 Å². The van der Waals surface area contributed by atoms with Gasteiger partial charge in [0.1, 0.15) is 6.61 Å². The van der Waals surface area contributed by atoms with Crippen LogP contribution in [-0.4, -0.2) is 28.2 Å². The summed E-state index contributed by atoms with van der Waals surface area (Å²) in [5, 5.41) is 20.9. The van der Waals surface area contributed by atoms with E-state index in [2.05, 4.69) is 20.8 Å². The summed E-state index contributed by atoms with van der Waals surface area (Å²) in [5.41, 5.74) is -0.782. The number of aliphatic hydroxyl groups is 2. The van der Waals surface area contributed by atoms with E-state index in [1.807, 2.05) is 6.92 Å². The van der Waals surface area contributed by atoms with Crippen LogP contribution in [0.2, 0.25) is 0 Å². The van der Waals surface area contributed by atoms with Gasteiger partial charge in [0.2, 0.25) is 0 Å². The Morgan fingerprint density at radius 2 is 1.74 bits per heavy atom. The van der Waals surface area contributed by atoms with Crippen LogP contribution in [0.3, 0.4) is 0 Å². The van der Waals surface area contributed by atoms with Crippen molar-refractivity contribution in [3.8, 4) is 0 Å². The molecule has 0 amide bonds. The molecule has 3 aliphatic carbocycles. The lowest BCUT2D eigenvalue weighted by Gasteiger charge is -2.65. The van der Waals surface area contributed by atoms with Crippen LogP contribution >= 0.6 is 0 Å². The molecular formula is C20H34O3. The molecular weight excluding hydrogens is 288 g/mol. The molecule has 0 spiro atoms. The van der Waals surface area contributed by atoms with E-state index in [0.29, 0.717) is 11.8 Å². The Hall–Kier alpha value is -0.410. The predicted molar refractivity (Wildman–Crippen MR) is 91.0 cm³/mol. The van der Waals surface area contributed by atoms with Crippen molar-refractivity contribution in [2.24, 2.45) is 28.1 Å². The second-order valence-corrected chi connectivity index (χ2v) is 9.84. The highest BCUT2D eigenvalue weighted by atomic mass is 16.3. The van der Waals surface area contributed by atoms with Crippen LogP contribution in [0.25, 0.3) is 0 Å². The summed E-state index contributed by atoms with van der Waals surface area (Å²) < 4.78 is 0. The number of carbonyl (C=O) groups excluding carboxylic acids is 1. The molecule has 3 fully saturated rings. The molecule has 0 aliphatic heterocycles. The molecule has 2 N–H and O–H groups in total. The van der Waals surface area contributed by atoms with E-state index in [0.717, 1.165) is 44.9 Å². The number of aliphatic hydroxyl groups excluding tert-OH is 1. The lowest BCUT2D eigenvalue weighted by Crippen LogP contribution is -2.64. The maximum atomic E-state index is 12.2. The van der Waals surface area contributed by atoms with E-state index in [9.17, 15) is 15.0 Å². The third-order valence-electron chi connectivity index (χ3n) is 8.37. The van der Waals surface area contributed by atoms with Crippen molar-refractivity contribution < 1.29 is 15.0 Å². The summed E-state index contributed by atoms with van der Waals surface area (Å²) >= 11 is 0. The standard InChI is InChI=1S/C20H34O3/c1-17(2)8-5-6-15-19(4)11-10-18(3,16(22)13-21)12-14(19)7-9-20(15,17)23/h14-15,21,23H,5-13H2,1-4H3/t14-,15+,18-,19-,20-/m0/s1. The predicted octanol–water partition coefficient (Wildman–Crippen LogP) is 3.71. The van der Waals surface area contributed by atoms with Crippen molar-refractivity contribution >= 4 is 5.78 Å². The number of ketones is 1. The fourth-order valence-electron chi connectivity index (χ4n) is 6.42. The minimum atomic E-state index is -0.550. The number of rotatable bonds is 2. The van der Waals surface area contributed by atoms with E-state index >= 15 is 0 Å². The maximum absolute atomic E-state index is 12.2. The molecule has 0 aromatic rings. The SMILES string of the molecule is CC1(C)CCC[C@@H]2[C@@]3(C)CC[C@](C)(C(=O)CO)C[C@@H]3CC[C@]21O. The third-order valence-corrected chi connectivity index (χ3v) is 8.37. The van der Waals surface area contributed by atoms with E-state index in [1.54, 1.807) is 0 Å². The summed E-state index contributed by atoms with van der Waals surface area (Å²) in [6.45, 7) is 8.56. The molecule has 3 rings (SSSR count). The summed E-state index contributed by atoms with van der Waals surface area (Å²) in [6.07, 6.45) is 8.06. The van der Waals surface area contributed by atoms with Crippen LogP contribution in [0, 0.1) is 28.1 Å². The first-order valence-electron chi connectivity index (χ1n) is 9.46. The minimum Gasteiger partial charge on any atom is -0.389 e. The molecule has 0 saturated heterocycles. The van der Waals surface area contributed by atoms with Crippen LogP contribution in [0.5, 0.6) is 0 Å². The molecule has 0 unspecified atom stereocenters. The summed E-state index contributed by atoms with van der Waals surface area (Å²) in [7, 11) is 0. The molecule has 3 saturated carbocycles. The largest absolute Gasteiger partial charge is 0.389 e. The average Bonchev–Trinajstić information content (AvgIpc) is 2.49. The first kappa shape index (κ1) is 17.4. The lowest BCUT2D eigenvalue weighted by atomic mass is 9.42. The van der Waals surface area contributed by atoms with Crippen LogP contribution in [0.1, 0.15) is 79.1 Å². The average molecular weight is 322 g/mol. The van der Waals surface area contributed by atoms with Gasteiger partial charge in [-0.15, -0.1) is 0 Å². The highest BCUT2D eigenvalue weighted by molar-refractivity contribution is 5.85. The number of hydrogen-bond acceptors (Lipinski definition) is 3. The Morgan fingerprint density at radius 1 is 1.04 bits per heavy atom. The zero-order valence-corrected chi connectivity index (χ0v) is 15.3. The third kappa shape index (κ3) is 2.33. The first-order chi connectivity index (χ1) is 10.6. The molecule has 0 aromatic carbocycles. The first-order valence-corrected chi connectivity index (χ1v) is 9.46. The molecule has 0 radical (unpaired) electrons. The van der Waals surface area contributed by atoms with Gasteiger partial charge in [-0.1, -0.05) is 34.1 Å². The van der Waals surface area contributed by atoms with E-state index in [4.69, 9.17) is 0 Å². The Balaban J connectivity index is 1.90. The van der Waals surface area contributed by atoms with Crippen LogP contribution in [0.15, 0.2) is 0 Å². The lowest BCUT2D eigenvalue weighted by molar-refractivity contribution is -0.226. The molecule has 132 valence electrons. The monoisotopic (exact) mass is 322 g/mol. The van der Waals surface area contributed by atoms with Gasteiger partial charge in [0, 0.05) is 5.41 Å². The van der Waals surface area contributed by atoms with E-state index < -0.39 is 5.60 Å². The van der Waals surface area contributed by atoms with Crippen molar-refractivity contribution in [2.75, 3.05) is 6.61 Å². The Bertz CT molecular complexity index is 499. The molecule has 0 heterocycles. The highest BCUT2D eigenvalue weighted by Gasteiger charge is 2.63. The minimum absolute atomic E-state index is 0.00404. The molecule has 0 bridgehead atoms. The van der Waals surface area contributed by atoms with Gasteiger partial charge < -0.3 is 10.2 Å². The molecule has 3 heteroatoms. The smallest absolute Gasteiger partial charge is 0.164 e. The van der Waals surface area contributed by atoms with Gasteiger partial charge in [0.15, 0.2) is 5.78 Å². The Kier molecular flexibility index (Phi) is 4.01. The number of fused-ring (bicyclic) bond motifs is 3. The summed E-state index contributed by atoms with van der Waals surface area (Å²) in [6, 6.07) is 0. The fraction of sp³-hybridized carbons (Fsp3) is 0.950. The Morgan fingerprint density at radius 3 is 2.39 bits per heavy atom. The van der Waals surface area contributed by atoms with Gasteiger partial charge in [-0.05, 0) is 67.6 Å². The van der Waals surface area contributed by atoms with Crippen molar-refractivity contribution in [1.82, 2.24) is 0 Å². The molecule has 23 heavy (non-hydrogen) atoms. The van der Waals surface area contributed by atoms with Crippen molar-refractivity contribution in [1.29, 1.82) is 0 Å². The molecule has 3 aliphatic rings. The number of Topliss-reactive ketones (excluding diaryl/α,β-unsaturated/α-hetero) is 1. The zero-order chi connectivity index (χ0) is 17.1. The van der Waals surface area contributed by atoms with Crippen LogP contribution in [0.4, 0.5) is 0 Å². The summed E-state index contributed by atoms with van der Waals surface area (Å²) in [4.78, 5) is 12.2. The summed E-state index contributed by atoms with van der Waals surface area (Å²) in [5.74, 6) is 0.853. The number of hydrogen-bond donors (Lipinski definition) is 2. The van der Waals surface area contributed by atoms with Gasteiger partial charge in [0.25, 0.3) is 0 Å². The quantitative estimate of drug-likeness (QED) is 0.815. The van der Waals surface area contributed by atoms with Crippen LogP contribution in [-0.2, 0) is 4.79 Å². The van der Waals surface area contributed by atoms with Crippen molar-refractivity contribution in [3.05, 3.63) is 0 Å². The van der Waals surface area contributed by atoms with Gasteiger partial charge >= 0.3 is 0 Å². The van der Waals surface area contributed by atoms with Crippen molar-refractivity contribution in [2.45, 2.75) is 84.7 Å². The number of carbonyl (C=O) groups is 1. The van der Waals surface area contributed by atoms with E-state index in [-0.39, 0.29) is 28.6 Å². The van der Waals surface area contributed by atoms with Gasteiger partial charge in [-0.2, -0.15) is 0 Å². The maximum Gasteiger partial charge on any atom is 0.164 e. The fourth-order valence-corrected chi connectivity index (χ4v) is 6.42. The second kappa shape index (κ2) is 5.29. The van der Waals surface area contributed by atoms with Crippen molar-refractivity contribution in [3.63, 3.8) is 0 Å². The highest BCUT2D eigenvalue weighted by Crippen LogP contribution is 2.66. The second-order valence-electron chi connectivity index (χ2n) is 9.84. The normalized spacial score (nSPS) is 49.1. The Labute approximate surface area is 140 Å². The molecule has 5 atom stereocenters. The van der Waals surface area contributed by atoms with E-state index in [1.165, 1.54) is 6.42 Å².